The van der Waals surface area contributed by atoms with Crippen LogP contribution in [0.25, 0.3) is 10.9 Å². The van der Waals surface area contributed by atoms with Crippen LogP contribution in [0, 0.1) is 0 Å². The predicted octanol–water partition coefficient (Wildman–Crippen LogP) is 4.41. The zero-order valence-corrected chi connectivity index (χ0v) is 11.2. The van der Waals surface area contributed by atoms with E-state index in [9.17, 15) is 0 Å². The van der Waals surface area contributed by atoms with Gasteiger partial charge in [0, 0.05) is 17.3 Å². The van der Waals surface area contributed by atoms with E-state index in [0.29, 0.717) is 5.88 Å². The lowest BCUT2D eigenvalue weighted by molar-refractivity contribution is 0.295. The smallest absolute Gasteiger partial charge is 0.213 e. The number of hydrogen-bond acceptors (Lipinski definition) is 2. The molecule has 3 heteroatoms. The standard InChI is InChI=1S/C15H18ClNO/c16-11-5-1-2-6-12-18-15-10-9-13-7-3-4-8-14(13)17-15/h3-4,7-10H,1-2,5-6,11-12H2. The van der Waals surface area contributed by atoms with Crippen LogP contribution in [-0.4, -0.2) is 17.5 Å². The highest BCUT2D eigenvalue weighted by molar-refractivity contribution is 6.17. The lowest BCUT2D eigenvalue weighted by Gasteiger charge is -2.06. The van der Waals surface area contributed by atoms with E-state index < -0.39 is 0 Å². The van der Waals surface area contributed by atoms with Crippen LogP contribution in [0.4, 0.5) is 0 Å². The van der Waals surface area contributed by atoms with Crippen molar-refractivity contribution in [1.29, 1.82) is 0 Å². The number of hydrogen-bond donors (Lipinski definition) is 0. The van der Waals surface area contributed by atoms with Crippen molar-refractivity contribution >= 4 is 22.5 Å². The molecule has 1 aromatic heterocycles. The summed E-state index contributed by atoms with van der Waals surface area (Å²) in [5, 5.41) is 1.15. The number of halogens is 1. The second-order valence-corrected chi connectivity index (χ2v) is 4.67. The highest BCUT2D eigenvalue weighted by Gasteiger charge is 1.98. The minimum absolute atomic E-state index is 0.714. The molecule has 0 N–H and O–H groups in total. The molecule has 1 aromatic carbocycles. The van der Waals surface area contributed by atoms with Crippen LogP contribution in [-0.2, 0) is 0 Å². The van der Waals surface area contributed by atoms with E-state index in [1.54, 1.807) is 0 Å². The zero-order chi connectivity index (χ0) is 12.6. The average Bonchev–Trinajstić information content (AvgIpc) is 2.42. The van der Waals surface area contributed by atoms with Crippen LogP contribution in [0.1, 0.15) is 25.7 Å². The van der Waals surface area contributed by atoms with Gasteiger partial charge in [-0.2, -0.15) is 0 Å². The molecule has 0 atom stereocenters. The molecule has 0 fully saturated rings. The van der Waals surface area contributed by atoms with E-state index in [2.05, 4.69) is 11.1 Å². The van der Waals surface area contributed by atoms with Crippen molar-refractivity contribution in [3.8, 4) is 5.88 Å². The summed E-state index contributed by atoms with van der Waals surface area (Å²) in [6, 6.07) is 12.0. The van der Waals surface area contributed by atoms with Crippen LogP contribution in [0.3, 0.4) is 0 Å². The van der Waals surface area contributed by atoms with Gasteiger partial charge in [0.1, 0.15) is 0 Å². The van der Waals surface area contributed by atoms with Gasteiger partial charge in [-0.3, -0.25) is 0 Å². The number of para-hydroxylation sites is 1. The van der Waals surface area contributed by atoms with Crippen molar-refractivity contribution in [1.82, 2.24) is 4.98 Å². The molecule has 96 valence electrons. The van der Waals surface area contributed by atoms with Crippen LogP contribution in [0.2, 0.25) is 0 Å². The quantitative estimate of drug-likeness (QED) is 0.545. The summed E-state index contributed by atoms with van der Waals surface area (Å²) in [6.07, 6.45) is 4.50. The predicted molar refractivity (Wildman–Crippen MR) is 76.4 cm³/mol. The SMILES string of the molecule is ClCCCCCCOc1ccc2ccccc2n1. The third-order valence-electron chi connectivity index (χ3n) is 2.85. The summed E-state index contributed by atoms with van der Waals surface area (Å²) in [6.45, 7) is 0.730. The molecule has 0 amide bonds. The van der Waals surface area contributed by atoms with Gasteiger partial charge in [0.15, 0.2) is 0 Å². The van der Waals surface area contributed by atoms with Crippen LogP contribution < -0.4 is 4.74 Å². The van der Waals surface area contributed by atoms with Gasteiger partial charge in [0.25, 0.3) is 0 Å². The number of fused-ring (bicyclic) bond motifs is 1. The fourth-order valence-corrected chi connectivity index (χ4v) is 2.04. The molecule has 0 radical (unpaired) electrons. The van der Waals surface area contributed by atoms with Gasteiger partial charge in [-0.05, 0) is 25.0 Å². The summed E-state index contributed by atoms with van der Waals surface area (Å²) in [4.78, 5) is 4.47. The van der Waals surface area contributed by atoms with E-state index in [-0.39, 0.29) is 0 Å². The first-order valence-corrected chi connectivity index (χ1v) is 6.98. The zero-order valence-electron chi connectivity index (χ0n) is 10.4. The number of benzene rings is 1. The fourth-order valence-electron chi connectivity index (χ4n) is 1.85. The Morgan fingerprint density at radius 2 is 1.78 bits per heavy atom. The van der Waals surface area contributed by atoms with Crippen molar-refractivity contribution in [3.63, 3.8) is 0 Å². The van der Waals surface area contributed by atoms with Crippen LogP contribution in [0.15, 0.2) is 36.4 Å². The fraction of sp³-hybridized carbons (Fsp3) is 0.400. The third kappa shape index (κ3) is 3.88. The molecule has 2 nitrogen and oxygen atoms in total. The first-order chi connectivity index (χ1) is 8.90. The molecule has 0 aliphatic carbocycles. The lowest BCUT2D eigenvalue weighted by Crippen LogP contribution is -1.99. The van der Waals surface area contributed by atoms with Gasteiger partial charge in [0.05, 0.1) is 12.1 Å². The number of alkyl halides is 1. The summed E-state index contributed by atoms with van der Waals surface area (Å²) in [7, 11) is 0. The number of pyridine rings is 1. The minimum Gasteiger partial charge on any atom is -0.478 e. The largest absolute Gasteiger partial charge is 0.478 e. The number of unbranched alkanes of at least 4 members (excludes halogenated alkanes) is 3. The van der Waals surface area contributed by atoms with Gasteiger partial charge < -0.3 is 4.74 Å². The van der Waals surface area contributed by atoms with Crippen molar-refractivity contribution in [2.75, 3.05) is 12.5 Å². The molecule has 0 saturated carbocycles. The van der Waals surface area contributed by atoms with Gasteiger partial charge in [-0.15, -0.1) is 11.6 Å². The molecule has 0 bridgehead atoms. The maximum Gasteiger partial charge on any atom is 0.213 e. The minimum atomic E-state index is 0.714. The Kier molecular flexibility index (Phi) is 5.28. The number of ether oxygens (including phenoxy) is 1. The van der Waals surface area contributed by atoms with Gasteiger partial charge in [0.2, 0.25) is 5.88 Å². The molecule has 0 unspecified atom stereocenters. The average molecular weight is 264 g/mol. The molecular weight excluding hydrogens is 246 g/mol. The summed E-state index contributed by atoms with van der Waals surface area (Å²) in [5.41, 5.74) is 0.983. The van der Waals surface area contributed by atoms with E-state index in [4.69, 9.17) is 16.3 Å². The van der Waals surface area contributed by atoms with Crippen molar-refractivity contribution in [2.45, 2.75) is 25.7 Å². The molecule has 1 heterocycles. The molecule has 0 aliphatic rings. The molecule has 0 aliphatic heterocycles. The molecule has 2 rings (SSSR count). The maximum atomic E-state index is 5.65. The number of nitrogens with zero attached hydrogens (tertiary/aromatic N) is 1. The first-order valence-electron chi connectivity index (χ1n) is 6.45. The van der Waals surface area contributed by atoms with Gasteiger partial charge >= 0.3 is 0 Å². The second kappa shape index (κ2) is 7.22. The Labute approximate surface area is 113 Å². The molecule has 2 aromatic rings. The third-order valence-corrected chi connectivity index (χ3v) is 3.12. The van der Waals surface area contributed by atoms with Crippen LogP contribution in [0.5, 0.6) is 5.88 Å². The molecular formula is C15H18ClNO. The topological polar surface area (TPSA) is 22.1 Å². The van der Waals surface area contributed by atoms with Crippen molar-refractivity contribution in [3.05, 3.63) is 36.4 Å². The Morgan fingerprint density at radius 3 is 2.67 bits per heavy atom. The Balaban J connectivity index is 1.81. The highest BCUT2D eigenvalue weighted by Crippen LogP contribution is 2.16. The van der Waals surface area contributed by atoms with Crippen molar-refractivity contribution in [2.24, 2.45) is 0 Å². The maximum absolute atomic E-state index is 5.65. The summed E-state index contributed by atoms with van der Waals surface area (Å²) < 4.78 is 5.65. The molecule has 18 heavy (non-hydrogen) atoms. The number of rotatable bonds is 7. The normalized spacial score (nSPS) is 10.7. The van der Waals surface area contributed by atoms with Gasteiger partial charge in [-0.1, -0.05) is 31.0 Å². The highest BCUT2D eigenvalue weighted by atomic mass is 35.5. The molecule has 0 saturated heterocycles. The van der Waals surface area contributed by atoms with E-state index in [1.165, 1.54) is 12.8 Å². The summed E-state index contributed by atoms with van der Waals surface area (Å²) in [5.74, 6) is 1.47. The Hall–Kier alpha value is -1.28. The first kappa shape index (κ1) is 13.2. The van der Waals surface area contributed by atoms with E-state index in [1.807, 2.05) is 30.3 Å². The van der Waals surface area contributed by atoms with E-state index >= 15 is 0 Å². The monoisotopic (exact) mass is 263 g/mol. The van der Waals surface area contributed by atoms with Crippen LogP contribution >= 0.6 is 11.6 Å². The van der Waals surface area contributed by atoms with Crippen molar-refractivity contribution < 1.29 is 4.74 Å². The molecule has 0 spiro atoms. The lowest BCUT2D eigenvalue weighted by atomic mass is 10.2. The Morgan fingerprint density at radius 1 is 0.944 bits per heavy atom. The Bertz CT molecular complexity index is 487. The van der Waals surface area contributed by atoms with E-state index in [0.717, 1.165) is 36.2 Å². The van der Waals surface area contributed by atoms with Gasteiger partial charge in [-0.25, -0.2) is 4.98 Å². The summed E-state index contributed by atoms with van der Waals surface area (Å²) >= 11 is 5.62. The second-order valence-electron chi connectivity index (χ2n) is 4.29. The number of aromatic nitrogens is 1.